The van der Waals surface area contributed by atoms with Gasteiger partial charge in [-0.25, -0.2) is 4.98 Å². The number of aryl methyl sites for hydroxylation is 1. The maximum absolute atomic E-state index is 9.22. The molecule has 1 rings (SSSR count). The first-order chi connectivity index (χ1) is 8.12. The smallest absolute Gasteiger partial charge is 0.129 e. The summed E-state index contributed by atoms with van der Waals surface area (Å²) in [5, 5.41) is 9.22. The molecule has 0 aliphatic rings. The molecule has 0 aromatic carbocycles. The Labute approximate surface area is 108 Å². The molecule has 1 N–H and O–H groups in total. The molecule has 0 radical (unpaired) electrons. The van der Waals surface area contributed by atoms with Crippen LogP contribution in [0.4, 0.5) is 5.82 Å². The van der Waals surface area contributed by atoms with Gasteiger partial charge in [0.15, 0.2) is 0 Å². The van der Waals surface area contributed by atoms with Crippen LogP contribution in [0.1, 0.15) is 24.6 Å². The summed E-state index contributed by atoms with van der Waals surface area (Å²) in [4.78, 5) is 6.75. The first-order valence-electron chi connectivity index (χ1n) is 5.92. The normalized spacial score (nSPS) is 12.5. The molecule has 1 aromatic heterocycles. The van der Waals surface area contributed by atoms with Gasteiger partial charge in [-0.15, -0.1) is 0 Å². The largest absolute Gasteiger partial charge is 0.392 e. The minimum absolute atomic E-state index is 0.0729. The van der Waals surface area contributed by atoms with Crippen LogP contribution in [-0.4, -0.2) is 35.2 Å². The fourth-order valence-electron chi connectivity index (χ4n) is 1.88. The van der Waals surface area contributed by atoms with Gasteiger partial charge in [0, 0.05) is 24.5 Å². The van der Waals surface area contributed by atoms with Crippen molar-refractivity contribution in [3.63, 3.8) is 0 Å². The summed E-state index contributed by atoms with van der Waals surface area (Å²) in [5.41, 5.74) is 1.88. The van der Waals surface area contributed by atoms with Crippen LogP contribution < -0.4 is 4.90 Å². The molecule has 4 heteroatoms. The van der Waals surface area contributed by atoms with E-state index >= 15 is 0 Å². The zero-order valence-electron chi connectivity index (χ0n) is 11.1. The molecule has 1 aromatic rings. The fraction of sp³-hybridized carbons (Fsp3) is 0.615. The Morgan fingerprint density at radius 1 is 1.47 bits per heavy atom. The van der Waals surface area contributed by atoms with Gasteiger partial charge < -0.3 is 10.0 Å². The Balaban J connectivity index is 2.93. The predicted molar refractivity (Wildman–Crippen MR) is 75.8 cm³/mol. The second-order valence-corrected chi connectivity index (χ2v) is 5.17. The summed E-state index contributed by atoms with van der Waals surface area (Å²) in [6, 6.07) is 4.38. The molecule has 3 nitrogen and oxygen atoms in total. The van der Waals surface area contributed by atoms with E-state index in [2.05, 4.69) is 30.1 Å². The maximum atomic E-state index is 9.22. The highest BCUT2D eigenvalue weighted by Crippen LogP contribution is 2.19. The average Bonchev–Trinajstić information content (AvgIpc) is 2.34. The van der Waals surface area contributed by atoms with Gasteiger partial charge in [0.05, 0.1) is 6.61 Å². The van der Waals surface area contributed by atoms with E-state index in [0.717, 1.165) is 29.2 Å². The number of pyridine rings is 1. The first kappa shape index (κ1) is 14.3. The molecule has 0 aliphatic heterocycles. The third-order valence-electron chi connectivity index (χ3n) is 2.92. The zero-order valence-corrected chi connectivity index (χ0v) is 11.9. The van der Waals surface area contributed by atoms with Crippen molar-refractivity contribution in [3.8, 4) is 0 Å². The number of rotatable bonds is 6. The van der Waals surface area contributed by atoms with E-state index in [1.54, 1.807) is 0 Å². The van der Waals surface area contributed by atoms with Crippen LogP contribution in [0.25, 0.3) is 0 Å². The molecule has 0 spiro atoms. The van der Waals surface area contributed by atoms with Crippen LogP contribution >= 0.6 is 11.8 Å². The molecule has 0 saturated carbocycles. The number of nitrogens with zero attached hydrogens (tertiary/aromatic N) is 2. The summed E-state index contributed by atoms with van der Waals surface area (Å²) in [6.45, 7) is 4.23. The fourth-order valence-corrected chi connectivity index (χ4v) is 2.72. The minimum Gasteiger partial charge on any atom is -0.392 e. The van der Waals surface area contributed by atoms with E-state index < -0.39 is 0 Å². The van der Waals surface area contributed by atoms with Gasteiger partial charge in [-0.1, -0.05) is 6.92 Å². The van der Waals surface area contributed by atoms with Crippen LogP contribution in [-0.2, 0) is 6.61 Å². The molecule has 1 atom stereocenters. The van der Waals surface area contributed by atoms with Crippen molar-refractivity contribution < 1.29 is 5.11 Å². The van der Waals surface area contributed by atoms with Crippen LogP contribution in [0.2, 0.25) is 0 Å². The van der Waals surface area contributed by atoms with Crippen molar-refractivity contribution in [1.29, 1.82) is 0 Å². The minimum atomic E-state index is 0.0729. The molecule has 1 heterocycles. The Hall–Kier alpha value is -0.740. The van der Waals surface area contributed by atoms with Crippen molar-refractivity contribution >= 4 is 17.6 Å². The highest BCUT2D eigenvalue weighted by molar-refractivity contribution is 7.98. The van der Waals surface area contributed by atoms with Crippen molar-refractivity contribution in [2.75, 3.05) is 24.0 Å². The number of aliphatic hydroxyl groups is 1. The van der Waals surface area contributed by atoms with E-state index in [1.807, 2.05) is 30.8 Å². The molecule has 0 saturated heterocycles. The second-order valence-electron chi connectivity index (χ2n) is 4.26. The highest BCUT2D eigenvalue weighted by Gasteiger charge is 2.14. The van der Waals surface area contributed by atoms with Crippen molar-refractivity contribution in [1.82, 2.24) is 4.98 Å². The number of thioether (sulfide) groups is 1. The lowest BCUT2D eigenvalue weighted by molar-refractivity contribution is 0.281. The van der Waals surface area contributed by atoms with Gasteiger partial charge in [0.2, 0.25) is 0 Å². The monoisotopic (exact) mass is 254 g/mol. The van der Waals surface area contributed by atoms with Gasteiger partial charge in [-0.05, 0) is 37.3 Å². The van der Waals surface area contributed by atoms with E-state index in [9.17, 15) is 5.11 Å². The lowest BCUT2D eigenvalue weighted by Gasteiger charge is -2.28. The van der Waals surface area contributed by atoms with E-state index in [-0.39, 0.29) is 6.61 Å². The standard InChI is InChI=1S/C13H22N2OS/c1-5-12(9-17-4)15(3)13-7-11(8-16)6-10(2)14-13/h6-7,12,16H,5,8-9H2,1-4H3. The molecule has 0 aliphatic carbocycles. The summed E-state index contributed by atoms with van der Waals surface area (Å²) >= 11 is 1.85. The number of hydrogen-bond donors (Lipinski definition) is 1. The number of anilines is 1. The molecule has 0 fully saturated rings. The van der Waals surface area contributed by atoms with E-state index in [1.165, 1.54) is 0 Å². The van der Waals surface area contributed by atoms with Crippen LogP contribution in [0.15, 0.2) is 12.1 Å². The van der Waals surface area contributed by atoms with Gasteiger partial charge in [0.1, 0.15) is 5.82 Å². The quantitative estimate of drug-likeness (QED) is 0.846. The summed E-state index contributed by atoms with van der Waals surface area (Å²) < 4.78 is 0. The molecule has 0 amide bonds. The number of aromatic nitrogens is 1. The summed E-state index contributed by atoms with van der Waals surface area (Å²) in [7, 11) is 2.08. The van der Waals surface area contributed by atoms with Crippen LogP contribution in [0, 0.1) is 6.92 Å². The molecular weight excluding hydrogens is 232 g/mol. The molecule has 17 heavy (non-hydrogen) atoms. The Kier molecular flexibility index (Phi) is 5.78. The number of aliphatic hydroxyl groups excluding tert-OH is 1. The molecule has 96 valence electrons. The van der Waals surface area contributed by atoms with Gasteiger partial charge in [-0.2, -0.15) is 11.8 Å². The van der Waals surface area contributed by atoms with Crippen molar-refractivity contribution in [2.24, 2.45) is 0 Å². The molecular formula is C13H22N2OS. The average molecular weight is 254 g/mol. The van der Waals surface area contributed by atoms with Crippen molar-refractivity contribution in [3.05, 3.63) is 23.4 Å². The topological polar surface area (TPSA) is 36.4 Å². The Bertz CT molecular complexity index is 357. The van der Waals surface area contributed by atoms with E-state index in [4.69, 9.17) is 0 Å². The molecule has 1 unspecified atom stereocenters. The van der Waals surface area contributed by atoms with Gasteiger partial charge in [0.25, 0.3) is 0 Å². The predicted octanol–water partition coefficient (Wildman–Crippen LogP) is 2.46. The maximum Gasteiger partial charge on any atom is 0.129 e. The Morgan fingerprint density at radius 2 is 2.18 bits per heavy atom. The van der Waals surface area contributed by atoms with E-state index in [0.29, 0.717) is 6.04 Å². The van der Waals surface area contributed by atoms with Crippen LogP contribution in [0.3, 0.4) is 0 Å². The third-order valence-corrected chi connectivity index (χ3v) is 3.64. The second kappa shape index (κ2) is 6.87. The number of hydrogen-bond acceptors (Lipinski definition) is 4. The first-order valence-corrected chi connectivity index (χ1v) is 7.32. The van der Waals surface area contributed by atoms with Crippen molar-refractivity contribution in [2.45, 2.75) is 32.9 Å². The lowest BCUT2D eigenvalue weighted by Crippen LogP contribution is -2.33. The Morgan fingerprint density at radius 3 is 2.71 bits per heavy atom. The summed E-state index contributed by atoms with van der Waals surface area (Å²) in [6.07, 6.45) is 3.22. The van der Waals surface area contributed by atoms with Gasteiger partial charge >= 0.3 is 0 Å². The zero-order chi connectivity index (χ0) is 12.8. The van der Waals surface area contributed by atoms with Crippen LogP contribution in [0.5, 0.6) is 0 Å². The summed E-state index contributed by atoms with van der Waals surface area (Å²) in [5.74, 6) is 2.05. The van der Waals surface area contributed by atoms with Gasteiger partial charge in [-0.3, -0.25) is 0 Å². The third kappa shape index (κ3) is 3.89. The SMILES string of the molecule is CCC(CSC)N(C)c1cc(CO)cc(C)n1. The molecule has 0 bridgehead atoms. The lowest BCUT2D eigenvalue weighted by atomic mass is 10.2. The highest BCUT2D eigenvalue weighted by atomic mass is 32.2.